The second kappa shape index (κ2) is 7.53. The van der Waals surface area contributed by atoms with Gasteiger partial charge >= 0.3 is 0 Å². The molecule has 0 aliphatic carbocycles. The molecule has 1 atom stereocenters. The minimum Gasteiger partial charge on any atom is -0.402 e. The van der Waals surface area contributed by atoms with Crippen molar-refractivity contribution in [3.63, 3.8) is 0 Å². The molecule has 0 amide bonds. The van der Waals surface area contributed by atoms with Gasteiger partial charge in [-0.25, -0.2) is 0 Å². The Bertz CT molecular complexity index is 258. The molecule has 0 aliphatic rings. The molecule has 0 rings (SSSR count). The number of hydrogen-bond acceptors (Lipinski definition) is 1. The monoisotopic (exact) mass is 211 g/mol. The summed E-state index contributed by atoms with van der Waals surface area (Å²) in [6, 6.07) is 0. The Hall–Kier alpha value is -0.870. The van der Waals surface area contributed by atoms with Gasteiger partial charge in [-0.15, -0.1) is 23.9 Å². The van der Waals surface area contributed by atoms with Gasteiger partial charge in [-0.05, 0) is 25.3 Å². The fourth-order valence-corrected chi connectivity index (χ4v) is 1.10. The maximum absolute atomic E-state index is 5.80. The Balaban J connectivity index is 4.12. The Kier molecular flexibility index (Phi) is 7.06. The molecule has 0 aromatic carbocycles. The third-order valence-corrected chi connectivity index (χ3v) is 2.34. The van der Waals surface area contributed by atoms with Crippen LogP contribution in [0.25, 0.3) is 0 Å². The van der Waals surface area contributed by atoms with Crippen molar-refractivity contribution in [1.29, 1.82) is 0 Å². The Morgan fingerprint density at radius 2 is 2.21 bits per heavy atom. The highest BCUT2D eigenvalue weighted by Crippen LogP contribution is 2.09. The molecule has 0 saturated carbocycles. The summed E-state index contributed by atoms with van der Waals surface area (Å²) in [6.45, 7) is 4.07. The van der Waals surface area contributed by atoms with Crippen molar-refractivity contribution in [2.45, 2.75) is 26.7 Å². The van der Waals surface area contributed by atoms with E-state index in [0.29, 0.717) is 18.2 Å². The maximum atomic E-state index is 5.80. The van der Waals surface area contributed by atoms with E-state index in [4.69, 9.17) is 23.8 Å². The van der Waals surface area contributed by atoms with Crippen LogP contribution in [0.15, 0.2) is 23.4 Å². The van der Waals surface area contributed by atoms with Crippen LogP contribution in [0.5, 0.6) is 0 Å². The first-order valence-corrected chi connectivity index (χ1v) is 5.24. The predicted octanol–water partition coefficient (Wildman–Crippen LogP) is 3.06. The van der Waals surface area contributed by atoms with Crippen molar-refractivity contribution in [2.75, 3.05) is 5.88 Å². The van der Waals surface area contributed by atoms with Crippen molar-refractivity contribution < 1.29 is 0 Å². The largest absolute Gasteiger partial charge is 0.402 e. The number of terminal acetylenes is 1. The highest BCUT2D eigenvalue weighted by molar-refractivity contribution is 6.18. The van der Waals surface area contributed by atoms with Crippen molar-refractivity contribution in [1.82, 2.24) is 0 Å². The molecule has 0 aliphatic heterocycles. The first kappa shape index (κ1) is 13.1. The average Bonchev–Trinajstić information content (AvgIpc) is 2.15. The van der Waals surface area contributed by atoms with Gasteiger partial charge in [0.15, 0.2) is 0 Å². The van der Waals surface area contributed by atoms with Crippen molar-refractivity contribution in [3.05, 3.63) is 23.4 Å². The quantitative estimate of drug-likeness (QED) is 0.422. The Labute approximate surface area is 92.0 Å². The SMILES string of the molecule is C#CC/C(C)=C\C=C(/N)CC(C)CCl. The molecule has 1 unspecified atom stereocenters. The molecule has 14 heavy (non-hydrogen) atoms. The van der Waals surface area contributed by atoms with Gasteiger partial charge in [0, 0.05) is 18.0 Å². The van der Waals surface area contributed by atoms with Crippen molar-refractivity contribution >= 4 is 11.6 Å². The number of rotatable bonds is 5. The van der Waals surface area contributed by atoms with E-state index in [1.54, 1.807) is 0 Å². The van der Waals surface area contributed by atoms with Crippen molar-refractivity contribution in [3.8, 4) is 12.3 Å². The van der Waals surface area contributed by atoms with Crippen LogP contribution in [0.2, 0.25) is 0 Å². The molecule has 0 aromatic heterocycles. The van der Waals surface area contributed by atoms with Gasteiger partial charge in [-0.1, -0.05) is 18.6 Å². The molecule has 0 radical (unpaired) electrons. The summed E-state index contributed by atoms with van der Waals surface area (Å²) in [5.41, 5.74) is 7.80. The third-order valence-electron chi connectivity index (χ3n) is 1.81. The normalized spacial score (nSPS) is 15.0. The van der Waals surface area contributed by atoms with E-state index in [-0.39, 0.29) is 0 Å². The minimum absolute atomic E-state index is 0.425. The Morgan fingerprint density at radius 1 is 1.57 bits per heavy atom. The molecule has 0 bridgehead atoms. The van der Waals surface area contributed by atoms with E-state index in [9.17, 15) is 0 Å². The molecule has 0 heterocycles. The van der Waals surface area contributed by atoms with Crippen molar-refractivity contribution in [2.24, 2.45) is 11.7 Å². The molecular weight excluding hydrogens is 194 g/mol. The number of alkyl halides is 1. The molecule has 78 valence electrons. The zero-order chi connectivity index (χ0) is 11.0. The zero-order valence-electron chi connectivity index (χ0n) is 8.89. The smallest absolute Gasteiger partial charge is 0.0296 e. The number of nitrogens with two attached hydrogens (primary N) is 1. The summed E-state index contributed by atoms with van der Waals surface area (Å²) in [5, 5.41) is 0. The summed E-state index contributed by atoms with van der Waals surface area (Å²) >= 11 is 5.68. The van der Waals surface area contributed by atoms with Gasteiger partial charge in [-0.3, -0.25) is 0 Å². The van der Waals surface area contributed by atoms with E-state index >= 15 is 0 Å². The van der Waals surface area contributed by atoms with Gasteiger partial charge in [0.05, 0.1) is 0 Å². The molecule has 0 aromatic rings. The summed E-state index contributed by atoms with van der Waals surface area (Å²) in [5.74, 6) is 3.65. The molecular formula is C12H18ClN. The molecule has 1 nitrogen and oxygen atoms in total. The highest BCUT2D eigenvalue weighted by Gasteiger charge is 2.00. The van der Waals surface area contributed by atoms with Crippen LogP contribution < -0.4 is 5.73 Å². The molecule has 0 saturated heterocycles. The summed E-state index contributed by atoms with van der Waals surface area (Å²) < 4.78 is 0. The van der Waals surface area contributed by atoms with Gasteiger partial charge < -0.3 is 5.73 Å². The van der Waals surface area contributed by atoms with Crippen LogP contribution in [0, 0.1) is 18.3 Å². The third kappa shape index (κ3) is 6.62. The minimum atomic E-state index is 0.425. The standard InChI is InChI=1S/C12H18ClN/c1-4-5-10(2)6-7-12(14)8-11(3)9-13/h1,6-7,11H,5,8-9,14H2,2-3H3/b10-6-,12-7-. The zero-order valence-corrected chi connectivity index (χ0v) is 9.64. The number of hydrogen-bond donors (Lipinski definition) is 1. The average molecular weight is 212 g/mol. The number of halogens is 1. The van der Waals surface area contributed by atoms with E-state index in [0.717, 1.165) is 17.7 Å². The first-order valence-electron chi connectivity index (χ1n) is 4.71. The van der Waals surface area contributed by atoms with Crippen LogP contribution in [0.4, 0.5) is 0 Å². The molecule has 0 spiro atoms. The molecule has 2 N–H and O–H groups in total. The van der Waals surface area contributed by atoms with Gasteiger partial charge in [0.2, 0.25) is 0 Å². The second-order valence-electron chi connectivity index (χ2n) is 3.60. The van der Waals surface area contributed by atoms with Crippen LogP contribution >= 0.6 is 11.6 Å². The van der Waals surface area contributed by atoms with E-state index in [2.05, 4.69) is 12.8 Å². The molecule has 0 fully saturated rings. The Morgan fingerprint density at radius 3 is 2.71 bits per heavy atom. The fraction of sp³-hybridized carbons (Fsp3) is 0.500. The van der Waals surface area contributed by atoms with Crippen LogP contribution in [-0.4, -0.2) is 5.88 Å². The predicted molar refractivity (Wildman–Crippen MR) is 64.0 cm³/mol. The molecule has 2 heteroatoms. The summed E-state index contributed by atoms with van der Waals surface area (Å²) in [7, 11) is 0. The van der Waals surface area contributed by atoms with E-state index < -0.39 is 0 Å². The fourth-order valence-electron chi connectivity index (χ4n) is 0.994. The van der Waals surface area contributed by atoms with Gasteiger partial charge in [-0.2, -0.15) is 0 Å². The van der Waals surface area contributed by atoms with Gasteiger partial charge in [0.1, 0.15) is 0 Å². The summed E-state index contributed by atoms with van der Waals surface area (Å²) in [6.07, 6.45) is 10.6. The van der Waals surface area contributed by atoms with Crippen LogP contribution in [0.1, 0.15) is 26.7 Å². The maximum Gasteiger partial charge on any atom is 0.0296 e. The topological polar surface area (TPSA) is 26.0 Å². The van der Waals surface area contributed by atoms with E-state index in [1.807, 2.05) is 19.1 Å². The lowest BCUT2D eigenvalue weighted by Gasteiger charge is -2.06. The second-order valence-corrected chi connectivity index (χ2v) is 3.91. The highest BCUT2D eigenvalue weighted by atomic mass is 35.5. The summed E-state index contributed by atoms with van der Waals surface area (Å²) in [4.78, 5) is 0. The van der Waals surface area contributed by atoms with Gasteiger partial charge in [0.25, 0.3) is 0 Å². The number of allylic oxidation sites excluding steroid dienone is 4. The van der Waals surface area contributed by atoms with Crippen LogP contribution in [0.3, 0.4) is 0 Å². The van der Waals surface area contributed by atoms with Crippen LogP contribution in [-0.2, 0) is 0 Å². The lowest BCUT2D eigenvalue weighted by molar-refractivity contribution is 0.645. The lowest BCUT2D eigenvalue weighted by Crippen LogP contribution is -2.04. The van der Waals surface area contributed by atoms with E-state index in [1.165, 1.54) is 0 Å². The first-order chi connectivity index (χ1) is 6.60. The lowest BCUT2D eigenvalue weighted by atomic mass is 10.1.